The van der Waals surface area contributed by atoms with Gasteiger partial charge in [-0.05, 0) is 37.6 Å². The van der Waals surface area contributed by atoms with Gasteiger partial charge in [0.1, 0.15) is 11.3 Å². The molecule has 3 aromatic rings. The van der Waals surface area contributed by atoms with Gasteiger partial charge in [-0.1, -0.05) is 17.8 Å². The van der Waals surface area contributed by atoms with Crippen LogP contribution in [0.2, 0.25) is 0 Å². The number of aryl methyl sites for hydroxylation is 2. The minimum Gasteiger partial charge on any atom is -0.495 e. The highest BCUT2D eigenvalue weighted by Gasteiger charge is 2.11. The van der Waals surface area contributed by atoms with E-state index >= 15 is 0 Å². The summed E-state index contributed by atoms with van der Waals surface area (Å²) in [4.78, 5) is 34.2. The number of hydrogen-bond donors (Lipinski definition) is 3. The number of carbonyl (C=O) groups is 1. The zero-order valence-electron chi connectivity index (χ0n) is 14.1. The normalized spacial score (nSPS) is 10.8. The van der Waals surface area contributed by atoms with Gasteiger partial charge in [0.05, 0.1) is 24.1 Å². The largest absolute Gasteiger partial charge is 0.495 e. The summed E-state index contributed by atoms with van der Waals surface area (Å²) in [7, 11) is 1.55. The predicted molar refractivity (Wildman–Crippen MR) is 98.5 cm³/mol. The van der Waals surface area contributed by atoms with Gasteiger partial charge < -0.3 is 15.0 Å². The molecule has 3 N–H and O–H groups in total. The van der Waals surface area contributed by atoms with E-state index < -0.39 is 0 Å². The first-order valence-electron chi connectivity index (χ1n) is 7.63. The second kappa shape index (κ2) is 7.02. The molecule has 2 heterocycles. The summed E-state index contributed by atoms with van der Waals surface area (Å²) in [5, 5.41) is 3.22. The summed E-state index contributed by atoms with van der Waals surface area (Å²) in [5.74, 6) is 0.510. The Labute approximate surface area is 148 Å². The molecule has 0 atom stereocenters. The Balaban J connectivity index is 1.70. The summed E-state index contributed by atoms with van der Waals surface area (Å²) in [6.07, 6.45) is 0. The minimum atomic E-state index is -0.249. The van der Waals surface area contributed by atoms with Crippen molar-refractivity contribution in [2.24, 2.45) is 0 Å². The SMILES string of the molecule is COc1ccc(C)cc1NC(=O)CSc1nc2cc(C)[nH]c2c(=O)[nH]1. The number of aromatic amines is 2. The lowest BCUT2D eigenvalue weighted by Crippen LogP contribution is -2.16. The Hall–Kier alpha value is -2.74. The fraction of sp³-hybridized carbons (Fsp3) is 0.235. The number of nitrogens with one attached hydrogen (secondary N) is 3. The maximum Gasteiger partial charge on any atom is 0.275 e. The molecule has 8 heteroatoms. The van der Waals surface area contributed by atoms with Crippen molar-refractivity contribution in [2.75, 3.05) is 18.2 Å². The van der Waals surface area contributed by atoms with Crippen LogP contribution < -0.4 is 15.6 Å². The lowest BCUT2D eigenvalue weighted by Gasteiger charge is -2.10. The first kappa shape index (κ1) is 17.1. The Bertz CT molecular complexity index is 993. The molecule has 25 heavy (non-hydrogen) atoms. The Morgan fingerprint density at radius 2 is 2.08 bits per heavy atom. The Morgan fingerprint density at radius 1 is 1.28 bits per heavy atom. The van der Waals surface area contributed by atoms with E-state index in [1.165, 1.54) is 11.8 Å². The summed E-state index contributed by atoms with van der Waals surface area (Å²) in [6.45, 7) is 3.79. The van der Waals surface area contributed by atoms with Crippen molar-refractivity contribution in [1.29, 1.82) is 0 Å². The lowest BCUT2D eigenvalue weighted by atomic mass is 10.2. The molecular formula is C17H18N4O3S. The van der Waals surface area contributed by atoms with Crippen LogP contribution in [0.5, 0.6) is 5.75 Å². The average Bonchev–Trinajstić information content (AvgIpc) is 2.94. The van der Waals surface area contributed by atoms with Crippen molar-refractivity contribution in [3.05, 3.63) is 45.9 Å². The maximum absolute atomic E-state index is 12.2. The molecule has 0 bridgehead atoms. The van der Waals surface area contributed by atoms with Gasteiger partial charge in [-0.3, -0.25) is 14.6 Å². The third-order valence-corrected chi connectivity index (χ3v) is 4.44. The molecule has 1 aromatic carbocycles. The van der Waals surface area contributed by atoms with E-state index in [0.29, 0.717) is 27.6 Å². The molecule has 3 rings (SSSR count). The Kier molecular flexibility index (Phi) is 4.80. The first-order chi connectivity index (χ1) is 12.0. The van der Waals surface area contributed by atoms with E-state index in [1.807, 2.05) is 26.0 Å². The highest BCUT2D eigenvalue weighted by molar-refractivity contribution is 7.99. The van der Waals surface area contributed by atoms with Crippen molar-refractivity contribution in [3.8, 4) is 5.75 Å². The van der Waals surface area contributed by atoms with Crippen LogP contribution in [0.3, 0.4) is 0 Å². The smallest absolute Gasteiger partial charge is 0.275 e. The van der Waals surface area contributed by atoms with Crippen LogP contribution in [0.1, 0.15) is 11.3 Å². The molecule has 0 spiro atoms. The monoisotopic (exact) mass is 358 g/mol. The van der Waals surface area contributed by atoms with E-state index in [1.54, 1.807) is 19.2 Å². The molecule has 0 saturated carbocycles. The van der Waals surface area contributed by atoms with Crippen molar-refractivity contribution in [3.63, 3.8) is 0 Å². The molecule has 1 amide bonds. The molecule has 0 aliphatic carbocycles. The number of hydrogen-bond acceptors (Lipinski definition) is 5. The third-order valence-electron chi connectivity index (χ3n) is 3.57. The standard InChI is InChI=1S/C17H18N4O3S/c1-9-4-5-13(24-3)11(6-9)19-14(22)8-25-17-20-12-7-10(2)18-15(12)16(23)21-17/h4-7,18H,8H2,1-3H3,(H,19,22)(H,20,21,23). The zero-order chi connectivity index (χ0) is 18.0. The number of anilines is 1. The first-order valence-corrected chi connectivity index (χ1v) is 8.62. The number of H-pyrrole nitrogens is 2. The van der Waals surface area contributed by atoms with Crippen LogP contribution in [-0.4, -0.2) is 33.7 Å². The van der Waals surface area contributed by atoms with E-state index in [0.717, 1.165) is 11.3 Å². The summed E-state index contributed by atoms with van der Waals surface area (Å²) >= 11 is 1.17. The number of fused-ring (bicyclic) bond motifs is 1. The van der Waals surface area contributed by atoms with Crippen LogP contribution in [0.25, 0.3) is 11.0 Å². The Morgan fingerprint density at radius 3 is 2.84 bits per heavy atom. The fourth-order valence-corrected chi connectivity index (χ4v) is 3.11. The van der Waals surface area contributed by atoms with Crippen molar-refractivity contribution in [2.45, 2.75) is 19.0 Å². The van der Waals surface area contributed by atoms with E-state index in [-0.39, 0.29) is 17.2 Å². The molecule has 0 aliphatic heterocycles. The van der Waals surface area contributed by atoms with Gasteiger partial charge in [0.2, 0.25) is 5.91 Å². The fourth-order valence-electron chi connectivity index (χ4n) is 2.44. The van der Waals surface area contributed by atoms with Gasteiger partial charge in [-0.25, -0.2) is 4.98 Å². The topological polar surface area (TPSA) is 99.9 Å². The van der Waals surface area contributed by atoms with Gasteiger partial charge >= 0.3 is 0 Å². The molecule has 0 fully saturated rings. The van der Waals surface area contributed by atoms with E-state index in [9.17, 15) is 9.59 Å². The summed E-state index contributed by atoms with van der Waals surface area (Å²) in [6, 6.07) is 7.35. The molecular weight excluding hydrogens is 340 g/mol. The summed E-state index contributed by atoms with van der Waals surface area (Å²) in [5.41, 5.74) is 3.27. The van der Waals surface area contributed by atoms with Crippen LogP contribution >= 0.6 is 11.8 Å². The number of rotatable bonds is 5. The molecule has 0 saturated heterocycles. The predicted octanol–water partition coefficient (Wildman–Crippen LogP) is 2.61. The number of benzene rings is 1. The number of methoxy groups -OCH3 is 1. The number of nitrogens with zero attached hydrogens (tertiary/aromatic N) is 1. The van der Waals surface area contributed by atoms with Crippen molar-refractivity contribution < 1.29 is 9.53 Å². The van der Waals surface area contributed by atoms with Crippen molar-refractivity contribution >= 4 is 34.4 Å². The maximum atomic E-state index is 12.2. The molecule has 2 aromatic heterocycles. The van der Waals surface area contributed by atoms with Crippen LogP contribution in [-0.2, 0) is 4.79 Å². The van der Waals surface area contributed by atoms with Crippen molar-refractivity contribution in [1.82, 2.24) is 15.0 Å². The zero-order valence-corrected chi connectivity index (χ0v) is 14.9. The second-order valence-corrected chi connectivity index (χ2v) is 6.59. The van der Waals surface area contributed by atoms with E-state index in [2.05, 4.69) is 20.3 Å². The molecule has 0 unspecified atom stereocenters. The number of thioether (sulfide) groups is 1. The van der Waals surface area contributed by atoms with Gasteiger partial charge in [0.15, 0.2) is 5.16 Å². The van der Waals surface area contributed by atoms with Crippen LogP contribution in [0, 0.1) is 13.8 Å². The molecule has 7 nitrogen and oxygen atoms in total. The summed E-state index contributed by atoms with van der Waals surface area (Å²) < 4.78 is 5.25. The van der Waals surface area contributed by atoms with Crippen LogP contribution in [0.15, 0.2) is 34.2 Å². The third kappa shape index (κ3) is 3.85. The van der Waals surface area contributed by atoms with Gasteiger partial charge in [0.25, 0.3) is 5.56 Å². The second-order valence-electron chi connectivity index (χ2n) is 5.62. The van der Waals surface area contributed by atoms with Gasteiger partial charge in [-0.2, -0.15) is 0 Å². The molecule has 130 valence electrons. The van der Waals surface area contributed by atoms with E-state index in [4.69, 9.17) is 4.74 Å². The molecule has 0 radical (unpaired) electrons. The quantitative estimate of drug-likeness (QED) is 0.481. The average molecular weight is 358 g/mol. The lowest BCUT2D eigenvalue weighted by molar-refractivity contribution is -0.113. The highest BCUT2D eigenvalue weighted by Crippen LogP contribution is 2.25. The number of ether oxygens (including phenoxy) is 1. The van der Waals surface area contributed by atoms with Crippen LogP contribution in [0.4, 0.5) is 5.69 Å². The number of carbonyl (C=O) groups excluding carboxylic acids is 1. The van der Waals surface area contributed by atoms with Gasteiger partial charge in [-0.15, -0.1) is 0 Å². The number of amides is 1. The number of aromatic nitrogens is 3. The minimum absolute atomic E-state index is 0.120. The highest BCUT2D eigenvalue weighted by atomic mass is 32.2. The molecule has 0 aliphatic rings. The van der Waals surface area contributed by atoms with Gasteiger partial charge in [0, 0.05) is 5.69 Å².